The van der Waals surface area contributed by atoms with Gasteiger partial charge in [-0.2, -0.15) is 11.8 Å². The van der Waals surface area contributed by atoms with Gasteiger partial charge in [-0.05, 0) is 24.9 Å². The summed E-state index contributed by atoms with van der Waals surface area (Å²) in [4.78, 5) is 20.7. The van der Waals surface area contributed by atoms with Crippen molar-refractivity contribution in [2.45, 2.75) is 12.8 Å². The molecule has 1 fully saturated rings. The summed E-state index contributed by atoms with van der Waals surface area (Å²) in [7, 11) is 3.47. The Morgan fingerprint density at radius 3 is 2.48 bits per heavy atom. The topological polar surface area (TPSA) is 69.2 Å². The van der Waals surface area contributed by atoms with Crippen LogP contribution in [0.15, 0.2) is 4.99 Å². The third-order valence-corrected chi connectivity index (χ3v) is 4.63. The van der Waals surface area contributed by atoms with Gasteiger partial charge < -0.3 is 20.3 Å². The average Bonchev–Trinajstić information content (AvgIpc) is 2.59. The molecule has 0 aromatic rings. The molecule has 2 N–H and O–H groups in total. The van der Waals surface area contributed by atoms with Crippen molar-refractivity contribution in [3.63, 3.8) is 0 Å². The zero-order valence-corrected chi connectivity index (χ0v) is 18.9. The van der Waals surface area contributed by atoms with Crippen LogP contribution in [0.25, 0.3) is 0 Å². The molecule has 7 nitrogen and oxygen atoms in total. The van der Waals surface area contributed by atoms with E-state index in [-0.39, 0.29) is 29.9 Å². The van der Waals surface area contributed by atoms with Gasteiger partial charge in [-0.25, -0.2) is 0 Å². The number of thioether (sulfide) groups is 1. The summed E-state index contributed by atoms with van der Waals surface area (Å²) in [5, 5.41) is 6.31. The Morgan fingerprint density at radius 2 is 1.88 bits per heavy atom. The van der Waals surface area contributed by atoms with E-state index < -0.39 is 0 Å². The third kappa shape index (κ3) is 11.1. The van der Waals surface area contributed by atoms with Crippen LogP contribution in [0.2, 0.25) is 0 Å². The van der Waals surface area contributed by atoms with Gasteiger partial charge in [-0.15, -0.1) is 24.0 Å². The van der Waals surface area contributed by atoms with E-state index in [1.807, 2.05) is 18.8 Å². The Balaban J connectivity index is 0.00000576. The number of amides is 1. The van der Waals surface area contributed by atoms with Gasteiger partial charge in [-0.1, -0.05) is 0 Å². The standard InChI is InChI=1S/C16H33N5O2S.HI/c1-17-16(19-6-4-5-13-24-3)21-10-8-20(9-11-21)14-15(22)18-7-12-23-2;/h4-14H2,1-3H3,(H,17,19)(H,18,22);1H. The number of ether oxygens (including phenoxy) is 1. The Labute approximate surface area is 173 Å². The Hall–Kier alpha value is -0.260. The van der Waals surface area contributed by atoms with Crippen LogP contribution in [0.1, 0.15) is 12.8 Å². The van der Waals surface area contributed by atoms with Crippen molar-refractivity contribution in [3.8, 4) is 0 Å². The molecule has 1 heterocycles. The first kappa shape index (κ1) is 24.7. The van der Waals surface area contributed by atoms with E-state index in [1.54, 1.807) is 7.11 Å². The number of aliphatic imine (C=N–C) groups is 1. The molecule has 0 aromatic carbocycles. The number of unbranched alkanes of at least 4 members (excludes halogenated alkanes) is 1. The maximum Gasteiger partial charge on any atom is 0.234 e. The lowest BCUT2D eigenvalue weighted by Gasteiger charge is -2.36. The smallest absolute Gasteiger partial charge is 0.234 e. The number of guanidine groups is 1. The number of halogens is 1. The van der Waals surface area contributed by atoms with Crippen LogP contribution in [-0.4, -0.2) is 100 Å². The summed E-state index contributed by atoms with van der Waals surface area (Å²) in [6.07, 6.45) is 4.54. The highest BCUT2D eigenvalue weighted by Gasteiger charge is 2.20. The van der Waals surface area contributed by atoms with E-state index in [0.29, 0.717) is 19.7 Å². The van der Waals surface area contributed by atoms with Crippen LogP contribution in [0, 0.1) is 0 Å². The van der Waals surface area contributed by atoms with E-state index in [2.05, 4.69) is 31.7 Å². The van der Waals surface area contributed by atoms with Gasteiger partial charge in [0.2, 0.25) is 5.91 Å². The van der Waals surface area contributed by atoms with Crippen LogP contribution < -0.4 is 10.6 Å². The second-order valence-corrected chi connectivity index (χ2v) is 6.77. The van der Waals surface area contributed by atoms with Crippen LogP contribution in [0.5, 0.6) is 0 Å². The van der Waals surface area contributed by atoms with Crippen LogP contribution >= 0.6 is 35.7 Å². The maximum atomic E-state index is 11.8. The number of carbonyl (C=O) groups is 1. The minimum absolute atomic E-state index is 0. The van der Waals surface area contributed by atoms with E-state index in [9.17, 15) is 4.79 Å². The SMILES string of the molecule is CN=C(NCCCCSC)N1CCN(CC(=O)NCCOC)CC1.I. The molecular weight excluding hydrogens is 453 g/mol. The molecule has 0 aliphatic carbocycles. The first-order chi connectivity index (χ1) is 11.7. The van der Waals surface area contributed by atoms with Gasteiger partial charge >= 0.3 is 0 Å². The predicted octanol–water partition coefficient (Wildman–Crippen LogP) is 0.703. The zero-order chi connectivity index (χ0) is 17.6. The predicted molar refractivity (Wildman–Crippen MR) is 117 cm³/mol. The van der Waals surface area contributed by atoms with Gasteiger partial charge in [-0.3, -0.25) is 14.7 Å². The first-order valence-electron chi connectivity index (χ1n) is 8.63. The lowest BCUT2D eigenvalue weighted by atomic mass is 10.3. The van der Waals surface area contributed by atoms with Crippen LogP contribution in [0.4, 0.5) is 0 Å². The normalized spacial score (nSPS) is 15.6. The molecule has 1 aliphatic heterocycles. The zero-order valence-electron chi connectivity index (χ0n) is 15.8. The highest BCUT2D eigenvalue weighted by molar-refractivity contribution is 14.0. The first-order valence-corrected chi connectivity index (χ1v) is 10.0. The largest absolute Gasteiger partial charge is 0.383 e. The lowest BCUT2D eigenvalue weighted by molar-refractivity contribution is -0.122. The molecule has 25 heavy (non-hydrogen) atoms. The summed E-state index contributed by atoms with van der Waals surface area (Å²) >= 11 is 1.89. The number of hydrogen-bond donors (Lipinski definition) is 2. The van der Waals surface area contributed by atoms with Gasteiger partial charge in [0.25, 0.3) is 0 Å². The van der Waals surface area contributed by atoms with Crippen LogP contribution in [-0.2, 0) is 9.53 Å². The third-order valence-electron chi connectivity index (χ3n) is 3.94. The molecular formula is C16H34IN5O2S. The monoisotopic (exact) mass is 487 g/mol. The molecule has 1 aliphatic rings. The van der Waals surface area contributed by atoms with Gasteiger partial charge in [0.05, 0.1) is 13.2 Å². The van der Waals surface area contributed by atoms with Crippen molar-refractivity contribution in [1.82, 2.24) is 20.4 Å². The Bertz CT molecular complexity index is 380. The molecule has 0 bridgehead atoms. The van der Waals surface area contributed by atoms with Crippen molar-refractivity contribution in [3.05, 3.63) is 0 Å². The molecule has 1 saturated heterocycles. The molecule has 148 valence electrons. The number of rotatable bonds is 10. The summed E-state index contributed by atoms with van der Waals surface area (Å²) in [5.74, 6) is 2.26. The molecule has 0 aromatic heterocycles. The number of nitrogens with zero attached hydrogens (tertiary/aromatic N) is 3. The molecule has 1 amide bonds. The quantitative estimate of drug-likeness (QED) is 0.205. The molecule has 0 atom stereocenters. The van der Waals surface area contributed by atoms with Crippen molar-refractivity contribution in [2.75, 3.05) is 78.6 Å². The molecule has 9 heteroatoms. The van der Waals surface area contributed by atoms with Crippen LogP contribution in [0.3, 0.4) is 0 Å². The maximum absolute atomic E-state index is 11.8. The van der Waals surface area contributed by atoms with Gasteiger partial charge in [0.15, 0.2) is 5.96 Å². The van der Waals surface area contributed by atoms with E-state index in [1.165, 1.54) is 18.6 Å². The fourth-order valence-corrected chi connectivity index (χ4v) is 3.07. The van der Waals surface area contributed by atoms with Crippen molar-refractivity contribution >= 4 is 47.6 Å². The fourth-order valence-electron chi connectivity index (χ4n) is 2.57. The summed E-state index contributed by atoms with van der Waals surface area (Å²) in [5.41, 5.74) is 0. The van der Waals surface area contributed by atoms with Crippen molar-refractivity contribution < 1.29 is 9.53 Å². The second-order valence-electron chi connectivity index (χ2n) is 5.78. The molecule has 0 unspecified atom stereocenters. The van der Waals surface area contributed by atoms with Crippen molar-refractivity contribution in [2.24, 2.45) is 4.99 Å². The molecule has 0 radical (unpaired) electrons. The van der Waals surface area contributed by atoms with E-state index in [0.717, 1.165) is 38.7 Å². The molecule has 0 saturated carbocycles. The van der Waals surface area contributed by atoms with Gasteiger partial charge in [0, 0.05) is 53.4 Å². The minimum atomic E-state index is 0. The highest BCUT2D eigenvalue weighted by Crippen LogP contribution is 2.03. The number of hydrogen-bond acceptors (Lipinski definition) is 5. The summed E-state index contributed by atoms with van der Waals surface area (Å²) < 4.78 is 4.93. The average molecular weight is 487 g/mol. The molecule has 0 spiro atoms. The summed E-state index contributed by atoms with van der Waals surface area (Å²) in [6, 6.07) is 0. The number of nitrogens with one attached hydrogen (secondary N) is 2. The number of carbonyl (C=O) groups excluding carboxylic acids is 1. The van der Waals surface area contributed by atoms with E-state index >= 15 is 0 Å². The lowest BCUT2D eigenvalue weighted by Crippen LogP contribution is -2.54. The molecule has 1 rings (SSSR count). The number of methoxy groups -OCH3 is 1. The summed E-state index contributed by atoms with van der Waals surface area (Å²) in [6.45, 7) is 6.11. The Morgan fingerprint density at radius 1 is 1.16 bits per heavy atom. The van der Waals surface area contributed by atoms with E-state index in [4.69, 9.17) is 4.74 Å². The van der Waals surface area contributed by atoms with Gasteiger partial charge in [0.1, 0.15) is 0 Å². The highest BCUT2D eigenvalue weighted by atomic mass is 127. The fraction of sp³-hybridized carbons (Fsp3) is 0.875. The number of piperazine rings is 1. The van der Waals surface area contributed by atoms with Crippen molar-refractivity contribution in [1.29, 1.82) is 0 Å². The second kappa shape index (κ2) is 16.0. The minimum Gasteiger partial charge on any atom is -0.383 e. The Kier molecular flexibility index (Phi) is 15.8.